The first-order valence-electron chi connectivity index (χ1n) is 8.92. The van der Waals surface area contributed by atoms with E-state index >= 15 is 0 Å². The lowest BCUT2D eigenvalue weighted by atomic mass is 9.87. The van der Waals surface area contributed by atoms with E-state index in [2.05, 4.69) is 34.1 Å². The molecule has 2 heterocycles. The Morgan fingerprint density at radius 2 is 1.85 bits per heavy atom. The van der Waals surface area contributed by atoms with Gasteiger partial charge in [0.05, 0.1) is 12.4 Å². The van der Waals surface area contributed by atoms with Crippen molar-refractivity contribution in [1.29, 1.82) is 0 Å². The predicted molar refractivity (Wildman–Crippen MR) is 98.6 cm³/mol. The summed E-state index contributed by atoms with van der Waals surface area (Å²) in [6, 6.07) is 14.9. The minimum absolute atomic E-state index is 0.0791. The van der Waals surface area contributed by atoms with Crippen LogP contribution in [0.5, 0.6) is 0 Å². The average Bonchev–Trinajstić information content (AvgIpc) is 3.18. The fraction of sp³-hybridized carbons (Fsp3) is 0.286. The zero-order chi connectivity index (χ0) is 17.9. The number of aliphatic hydroxyl groups excluding tert-OH is 1. The van der Waals surface area contributed by atoms with E-state index in [0.29, 0.717) is 6.54 Å². The van der Waals surface area contributed by atoms with Gasteiger partial charge in [0.25, 0.3) is 0 Å². The monoisotopic (exact) mass is 351 g/mol. The Morgan fingerprint density at radius 3 is 2.50 bits per heavy atom. The van der Waals surface area contributed by atoms with E-state index in [9.17, 15) is 9.50 Å². The number of likely N-dealkylation sites (tertiary alicyclic amines) is 1. The lowest BCUT2D eigenvalue weighted by molar-refractivity contribution is 0.0476. The Balaban J connectivity index is 1.37. The third-order valence-electron chi connectivity index (χ3n) is 5.11. The molecule has 1 aromatic heterocycles. The molecule has 0 radical (unpaired) electrons. The van der Waals surface area contributed by atoms with Crippen molar-refractivity contribution in [2.45, 2.75) is 25.0 Å². The van der Waals surface area contributed by atoms with Crippen molar-refractivity contribution >= 4 is 0 Å². The quantitative estimate of drug-likeness (QED) is 0.784. The van der Waals surface area contributed by atoms with Crippen molar-refractivity contribution in [1.82, 2.24) is 14.5 Å². The Bertz CT molecular complexity index is 831. The van der Waals surface area contributed by atoms with Crippen LogP contribution in [0.15, 0.2) is 67.3 Å². The smallest absolute Gasteiger partial charge is 0.123 e. The number of piperidine rings is 1. The van der Waals surface area contributed by atoms with Crippen LogP contribution < -0.4 is 0 Å². The molecular weight excluding hydrogens is 329 g/mol. The summed E-state index contributed by atoms with van der Waals surface area (Å²) in [7, 11) is 0. The second kappa shape index (κ2) is 7.40. The van der Waals surface area contributed by atoms with Gasteiger partial charge in [-0.1, -0.05) is 24.3 Å². The van der Waals surface area contributed by atoms with Crippen LogP contribution in [0.2, 0.25) is 0 Å². The maximum absolute atomic E-state index is 13.1. The van der Waals surface area contributed by atoms with Crippen molar-refractivity contribution in [2.24, 2.45) is 0 Å². The Kier molecular flexibility index (Phi) is 4.82. The van der Waals surface area contributed by atoms with Crippen LogP contribution in [0.1, 0.15) is 23.5 Å². The van der Waals surface area contributed by atoms with Crippen LogP contribution >= 0.6 is 0 Å². The van der Waals surface area contributed by atoms with Gasteiger partial charge in [-0.3, -0.25) is 4.90 Å². The van der Waals surface area contributed by atoms with Crippen LogP contribution in [-0.4, -0.2) is 38.8 Å². The molecule has 4 rings (SSSR count). The predicted octanol–water partition coefficient (Wildman–Crippen LogP) is 3.36. The number of rotatable bonds is 4. The van der Waals surface area contributed by atoms with E-state index in [1.807, 2.05) is 10.8 Å². The molecule has 1 N–H and O–H groups in total. The molecule has 1 fully saturated rings. The highest BCUT2D eigenvalue weighted by molar-refractivity contribution is 5.34. The minimum atomic E-state index is -0.431. The Hall–Kier alpha value is -2.50. The highest BCUT2D eigenvalue weighted by Crippen LogP contribution is 2.29. The molecule has 0 aliphatic carbocycles. The second-order valence-corrected chi connectivity index (χ2v) is 6.89. The Labute approximate surface area is 152 Å². The van der Waals surface area contributed by atoms with E-state index in [0.717, 1.165) is 30.8 Å². The summed E-state index contributed by atoms with van der Waals surface area (Å²) in [4.78, 5) is 6.34. The molecule has 0 amide bonds. The van der Waals surface area contributed by atoms with Gasteiger partial charge in [0.2, 0.25) is 0 Å². The number of benzene rings is 2. The second-order valence-electron chi connectivity index (χ2n) is 6.89. The first-order valence-corrected chi connectivity index (χ1v) is 8.92. The number of aromatic nitrogens is 2. The fourth-order valence-corrected chi connectivity index (χ4v) is 3.68. The molecule has 1 saturated heterocycles. The van der Waals surface area contributed by atoms with Gasteiger partial charge in [0.1, 0.15) is 5.82 Å². The van der Waals surface area contributed by atoms with Crippen LogP contribution in [0.3, 0.4) is 0 Å². The standard InChI is InChI=1S/C21H22FN3O/c22-18-5-3-17(4-6-18)20-9-11-24(14-21(20)26)13-16-1-7-19(8-2-16)25-12-10-23-15-25/h1-8,10,12,15,20-21,26H,9,11,13-14H2/t20-,21+/m0/s1. The number of aliphatic hydroxyl groups is 1. The summed E-state index contributed by atoms with van der Waals surface area (Å²) in [5, 5.41) is 10.6. The summed E-state index contributed by atoms with van der Waals surface area (Å²) < 4.78 is 15.1. The number of hydrogen-bond acceptors (Lipinski definition) is 3. The largest absolute Gasteiger partial charge is 0.391 e. The number of imidazole rings is 1. The SMILES string of the molecule is O[C@@H]1CN(Cc2ccc(-n3ccnc3)cc2)CC[C@H]1c1ccc(F)cc1. The highest BCUT2D eigenvalue weighted by Gasteiger charge is 2.28. The van der Waals surface area contributed by atoms with E-state index in [1.54, 1.807) is 24.7 Å². The van der Waals surface area contributed by atoms with Gasteiger partial charge in [-0.2, -0.15) is 0 Å². The summed E-state index contributed by atoms with van der Waals surface area (Å²) >= 11 is 0. The molecule has 1 aliphatic heterocycles. The molecule has 2 aromatic carbocycles. The van der Waals surface area contributed by atoms with Gasteiger partial charge >= 0.3 is 0 Å². The molecule has 0 unspecified atom stereocenters. The average molecular weight is 351 g/mol. The lowest BCUT2D eigenvalue weighted by Gasteiger charge is -2.36. The zero-order valence-corrected chi connectivity index (χ0v) is 14.5. The molecule has 2 atom stereocenters. The zero-order valence-electron chi connectivity index (χ0n) is 14.5. The van der Waals surface area contributed by atoms with Crippen LogP contribution in [0, 0.1) is 5.82 Å². The molecule has 0 bridgehead atoms. The molecule has 26 heavy (non-hydrogen) atoms. The van der Waals surface area contributed by atoms with E-state index in [1.165, 1.54) is 17.7 Å². The van der Waals surface area contributed by atoms with Gasteiger partial charge in [-0.25, -0.2) is 9.37 Å². The van der Waals surface area contributed by atoms with Crippen molar-refractivity contribution < 1.29 is 9.50 Å². The highest BCUT2D eigenvalue weighted by atomic mass is 19.1. The molecule has 1 aliphatic rings. The maximum atomic E-state index is 13.1. The van der Waals surface area contributed by atoms with E-state index in [4.69, 9.17) is 0 Å². The fourth-order valence-electron chi connectivity index (χ4n) is 3.68. The number of halogens is 1. The van der Waals surface area contributed by atoms with Gasteiger partial charge in [-0.05, 0) is 48.4 Å². The van der Waals surface area contributed by atoms with E-state index < -0.39 is 6.10 Å². The topological polar surface area (TPSA) is 41.3 Å². The third-order valence-corrected chi connectivity index (χ3v) is 5.11. The maximum Gasteiger partial charge on any atom is 0.123 e. The van der Waals surface area contributed by atoms with Crippen LogP contribution in [-0.2, 0) is 6.54 Å². The molecule has 0 spiro atoms. The normalized spacial score (nSPS) is 21.0. The lowest BCUT2D eigenvalue weighted by Crippen LogP contribution is -2.42. The molecule has 0 saturated carbocycles. The van der Waals surface area contributed by atoms with Gasteiger partial charge in [0, 0.05) is 37.1 Å². The first kappa shape index (κ1) is 16.9. The van der Waals surface area contributed by atoms with Gasteiger partial charge < -0.3 is 9.67 Å². The van der Waals surface area contributed by atoms with Crippen molar-refractivity contribution in [3.63, 3.8) is 0 Å². The third kappa shape index (κ3) is 3.69. The Morgan fingerprint density at radius 1 is 1.08 bits per heavy atom. The van der Waals surface area contributed by atoms with Crippen molar-refractivity contribution in [2.75, 3.05) is 13.1 Å². The minimum Gasteiger partial charge on any atom is -0.391 e. The summed E-state index contributed by atoms with van der Waals surface area (Å²) in [5.74, 6) is -0.157. The molecule has 134 valence electrons. The molecular formula is C21H22FN3O. The number of β-amino-alcohol motifs (C(OH)–C–C–N with tert-alkyl or cyclic N) is 1. The van der Waals surface area contributed by atoms with Gasteiger partial charge in [-0.15, -0.1) is 0 Å². The van der Waals surface area contributed by atoms with Crippen molar-refractivity contribution in [3.05, 3.63) is 84.2 Å². The summed E-state index contributed by atoms with van der Waals surface area (Å²) in [5.41, 5.74) is 3.32. The van der Waals surface area contributed by atoms with Gasteiger partial charge in [0.15, 0.2) is 0 Å². The molecule has 4 nitrogen and oxygen atoms in total. The number of nitrogens with zero attached hydrogens (tertiary/aromatic N) is 3. The molecule has 3 aromatic rings. The van der Waals surface area contributed by atoms with Crippen LogP contribution in [0.4, 0.5) is 4.39 Å². The first-order chi connectivity index (χ1) is 12.7. The molecule has 5 heteroatoms. The summed E-state index contributed by atoms with van der Waals surface area (Å²) in [6.45, 7) is 2.37. The number of hydrogen-bond donors (Lipinski definition) is 1. The van der Waals surface area contributed by atoms with Crippen molar-refractivity contribution in [3.8, 4) is 5.69 Å². The summed E-state index contributed by atoms with van der Waals surface area (Å²) in [6.07, 6.45) is 5.91. The van der Waals surface area contributed by atoms with Crippen LogP contribution in [0.25, 0.3) is 5.69 Å². The van der Waals surface area contributed by atoms with E-state index in [-0.39, 0.29) is 11.7 Å².